The maximum Gasteiger partial charge on any atom is 0.410 e. The molecule has 0 aliphatic carbocycles. The Morgan fingerprint density at radius 2 is 1.42 bits per heavy atom. The minimum absolute atomic E-state index is 0.0886. The highest BCUT2D eigenvalue weighted by molar-refractivity contribution is 6.06. The predicted molar refractivity (Wildman–Crippen MR) is 238 cm³/mol. The number of benzene rings is 3. The number of nitrogens with zero attached hydrogens (tertiary/aromatic N) is 5. The van der Waals surface area contributed by atoms with Gasteiger partial charge in [-0.25, -0.2) is 24.4 Å². The Morgan fingerprint density at radius 1 is 0.806 bits per heavy atom. The van der Waals surface area contributed by atoms with E-state index in [-0.39, 0.29) is 44.2 Å². The number of H-pyrrole nitrogens is 2. The van der Waals surface area contributed by atoms with E-state index in [1.165, 1.54) is 14.2 Å². The first kappa shape index (κ1) is 43.1. The van der Waals surface area contributed by atoms with E-state index >= 15 is 0 Å². The van der Waals surface area contributed by atoms with Crippen LogP contribution in [0.4, 0.5) is 14.4 Å². The summed E-state index contributed by atoms with van der Waals surface area (Å²) in [5.41, 5.74) is 6.31. The molecule has 3 aromatic carbocycles. The predicted octanol–water partition coefficient (Wildman–Crippen LogP) is 6.29. The fourth-order valence-electron chi connectivity index (χ4n) is 9.48. The fourth-order valence-corrected chi connectivity index (χ4v) is 9.48. The number of hydrogen-bond donors (Lipinski definition) is 4. The number of likely N-dealkylation sites (tertiary alicyclic amines) is 2. The van der Waals surface area contributed by atoms with Gasteiger partial charge in [-0.3, -0.25) is 14.5 Å². The van der Waals surface area contributed by atoms with Gasteiger partial charge in [0.05, 0.1) is 56.6 Å². The fraction of sp³-hybridized carbons (Fsp3) is 0.383. The molecular weight excluding hydrogens is 867 g/mol. The normalized spacial score (nSPS) is 19.0. The first-order valence-electron chi connectivity index (χ1n) is 22.1. The molecule has 4 aliphatic rings. The number of alkyl carbamates (subject to hydrolysis) is 2. The lowest BCUT2D eigenvalue weighted by Gasteiger charge is -2.30. The molecular formula is C47H49N9O11. The summed E-state index contributed by atoms with van der Waals surface area (Å²) in [6, 6.07) is 14.0. The van der Waals surface area contributed by atoms with E-state index in [4.69, 9.17) is 33.3 Å². The molecule has 2 fully saturated rings. The van der Waals surface area contributed by atoms with E-state index in [1.807, 2.05) is 62.4 Å². The Morgan fingerprint density at radius 3 is 2.01 bits per heavy atom. The number of furan rings is 1. The zero-order valence-corrected chi connectivity index (χ0v) is 37.3. The Labute approximate surface area is 383 Å². The van der Waals surface area contributed by atoms with Crippen LogP contribution in [0.3, 0.4) is 0 Å². The summed E-state index contributed by atoms with van der Waals surface area (Å²) >= 11 is 0. The number of hydrogen-bond acceptors (Lipinski definition) is 13. The van der Waals surface area contributed by atoms with Crippen molar-refractivity contribution >= 4 is 52.0 Å². The van der Waals surface area contributed by atoms with Crippen molar-refractivity contribution in [2.45, 2.75) is 70.4 Å². The highest BCUT2D eigenvalue weighted by atomic mass is 16.7. The summed E-state index contributed by atoms with van der Waals surface area (Å²) in [5.74, 6) is 1.72. The van der Waals surface area contributed by atoms with Gasteiger partial charge in [0, 0.05) is 48.0 Å². The Bertz CT molecular complexity index is 2890. The minimum Gasteiger partial charge on any atom is -0.456 e. The van der Waals surface area contributed by atoms with Crippen molar-refractivity contribution in [3.05, 3.63) is 83.7 Å². The number of amides is 5. The van der Waals surface area contributed by atoms with Gasteiger partial charge in [-0.05, 0) is 66.3 Å². The van der Waals surface area contributed by atoms with Gasteiger partial charge in [0.2, 0.25) is 18.6 Å². The van der Waals surface area contributed by atoms with Crippen molar-refractivity contribution in [3.8, 4) is 34.0 Å². The summed E-state index contributed by atoms with van der Waals surface area (Å²) < 4.78 is 32.9. The van der Waals surface area contributed by atoms with Crippen LogP contribution in [0.1, 0.15) is 68.0 Å². The molecule has 0 saturated carbocycles. The van der Waals surface area contributed by atoms with Crippen molar-refractivity contribution in [2.24, 2.45) is 5.92 Å². The van der Waals surface area contributed by atoms with E-state index in [2.05, 4.69) is 25.3 Å². The van der Waals surface area contributed by atoms with Crippen LogP contribution >= 0.6 is 0 Å². The smallest absolute Gasteiger partial charge is 0.410 e. The lowest BCUT2D eigenvalue weighted by Crippen LogP contribution is -2.51. The van der Waals surface area contributed by atoms with Crippen molar-refractivity contribution in [1.29, 1.82) is 0 Å². The molecule has 7 heterocycles. The summed E-state index contributed by atoms with van der Waals surface area (Å²) in [6.45, 7) is 4.94. The second-order valence-electron chi connectivity index (χ2n) is 17.4. The van der Waals surface area contributed by atoms with Crippen LogP contribution in [0, 0.1) is 5.92 Å². The average Bonchev–Trinajstić information content (AvgIpc) is 4.19. The lowest BCUT2D eigenvalue weighted by molar-refractivity contribution is -0.135. The van der Waals surface area contributed by atoms with Gasteiger partial charge in [0.25, 0.3) is 0 Å². The number of rotatable bonds is 10. The number of carbonyl (C=O) groups is 5. The van der Waals surface area contributed by atoms with Crippen LogP contribution in [-0.4, -0.2) is 118 Å². The van der Waals surface area contributed by atoms with Gasteiger partial charge in [0.1, 0.15) is 41.5 Å². The SMILES string of the molecule is COC(=O)NCC(=O)N1CC(OC(=O)N2Cc3cc4c(cc3C2)OCO4)C[C@H]1c1ncc(-c2ccc3c(c2)oc2cc(-c4cnc(C5CCCN5C(=O)C(NC(=O)OC)C(C)C)[nH]4)ccc23)[nH]1. The number of methoxy groups -OCH3 is 2. The van der Waals surface area contributed by atoms with Crippen molar-refractivity contribution in [2.75, 3.05) is 40.6 Å². The molecule has 0 spiro atoms. The topological polar surface area (TPSA) is 236 Å². The zero-order valence-electron chi connectivity index (χ0n) is 37.3. The molecule has 5 amide bonds. The molecule has 4 N–H and O–H groups in total. The van der Waals surface area contributed by atoms with Gasteiger partial charge in [-0.15, -0.1) is 0 Å². The Kier molecular flexibility index (Phi) is 11.3. The van der Waals surface area contributed by atoms with Crippen LogP contribution in [0.15, 0.2) is 65.3 Å². The lowest BCUT2D eigenvalue weighted by atomic mass is 10.0. The minimum atomic E-state index is -0.746. The number of carbonyl (C=O) groups excluding carboxylic acids is 5. The second kappa shape index (κ2) is 17.6. The van der Waals surface area contributed by atoms with Crippen molar-refractivity contribution in [1.82, 2.24) is 45.3 Å². The van der Waals surface area contributed by atoms with E-state index in [0.29, 0.717) is 59.6 Å². The first-order chi connectivity index (χ1) is 32.4. The molecule has 6 aromatic rings. The number of nitrogens with one attached hydrogen (secondary N) is 4. The van der Waals surface area contributed by atoms with Crippen LogP contribution in [0.5, 0.6) is 11.5 Å². The summed E-state index contributed by atoms with van der Waals surface area (Å²) in [6.07, 6.45) is 2.69. The van der Waals surface area contributed by atoms with E-state index in [1.54, 1.807) is 27.1 Å². The third-order valence-corrected chi connectivity index (χ3v) is 12.9. The molecule has 4 atom stereocenters. The van der Waals surface area contributed by atoms with Crippen molar-refractivity contribution < 1.29 is 52.1 Å². The molecule has 67 heavy (non-hydrogen) atoms. The Balaban J connectivity index is 0.846. The van der Waals surface area contributed by atoms with E-state index in [0.717, 1.165) is 51.6 Å². The highest BCUT2D eigenvalue weighted by Crippen LogP contribution is 2.40. The molecule has 4 aliphatic heterocycles. The third-order valence-electron chi connectivity index (χ3n) is 12.9. The van der Waals surface area contributed by atoms with E-state index < -0.39 is 42.4 Å². The molecule has 2 saturated heterocycles. The quantitative estimate of drug-likeness (QED) is 0.111. The van der Waals surface area contributed by atoms with Crippen LogP contribution < -0.4 is 20.1 Å². The largest absolute Gasteiger partial charge is 0.456 e. The number of aromatic amines is 2. The maximum atomic E-state index is 13.7. The summed E-state index contributed by atoms with van der Waals surface area (Å²) in [5, 5.41) is 6.98. The van der Waals surface area contributed by atoms with Crippen LogP contribution in [0.25, 0.3) is 44.5 Å². The van der Waals surface area contributed by atoms with E-state index in [9.17, 15) is 24.0 Å². The summed E-state index contributed by atoms with van der Waals surface area (Å²) in [7, 11) is 2.49. The number of aromatic nitrogens is 4. The summed E-state index contributed by atoms with van der Waals surface area (Å²) in [4.78, 5) is 85.8. The molecule has 0 radical (unpaired) electrons. The van der Waals surface area contributed by atoms with Crippen molar-refractivity contribution in [3.63, 3.8) is 0 Å². The molecule has 348 valence electrons. The first-order valence-corrected chi connectivity index (χ1v) is 22.1. The molecule has 20 heteroatoms. The Hall–Kier alpha value is -7.77. The van der Waals surface area contributed by atoms with Gasteiger partial charge in [-0.2, -0.15) is 0 Å². The second-order valence-corrected chi connectivity index (χ2v) is 17.4. The molecule has 10 rings (SSSR count). The molecule has 3 unspecified atom stereocenters. The van der Waals surface area contributed by atoms with Gasteiger partial charge in [-0.1, -0.05) is 26.0 Å². The van der Waals surface area contributed by atoms with Gasteiger partial charge in [0.15, 0.2) is 11.5 Å². The zero-order chi connectivity index (χ0) is 46.5. The number of ether oxygens (including phenoxy) is 5. The molecule has 0 bridgehead atoms. The van der Waals surface area contributed by atoms with Gasteiger partial charge < -0.3 is 58.5 Å². The average molecular weight is 916 g/mol. The van der Waals surface area contributed by atoms with Gasteiger partial charge >= 0.3 is 18.3 Å². The van der Waals surface area contributed by atoms with Crippen LogP contribution in [0.2, 0.25) is 0 Å². The monoisotopic (exact) mass is 915 g/mol. The maximum absolute atomic E-state index is 13.7. The molecule has 20 nitrogen and oxygen atoms in total. The third kappa shape index (κ3) is 8.27. The highest BCUT2D eigenvalue weighted by Gasteiger charge is 2.41. The number of imidazole rings is 2. The standard InChI is InChI=1S/C47H49N9O11/c1-24(2)41(53-46(60)63-4)44(58)55-11-5-6-34(55)42-48-17-32(51-42)25-7-9-30-31-10-8-26(13-37(31)67-36(30)12-25)33-18-49-43(52-33)35-16-29(22-56(35)40(57)19-50-45(59)62-3)66-47(61)54-20-27-14-38-39(65-23-64-38)15-28(27)21-54/h7-10,12-15,17-18,24,29,34-35,41H,5-6,11,16,19-23H2,1-4H3,(H,48,51)(H,49,52)(H,50,59)(H,53,60)/t29?,34?,35-,41?/m0/s1. The number of fused-ring (bicyclic) bond motifs is 5. The molecule has 3 aromatic heterocycles. The van der Waals surface area contributed by atoms with Crippen LogP contribution in [-0.2, 0) is 36.9 Å².